The fourth-order valence-corrected chi connectivity index (χ4v) is 8.20. The van der Waals surface area contributed by atoms with Crippen LogP contribution in [-0.2, 0) is 35.1 Å². The van der Waals surface area contributed by atoms with Crippen molar-refractivity contribution >= 4 is 29.7 Å². The SMILES string of the molecule is CC[C@H](C)[C@@H]([C@@H](CC(=O)N1CCC[C@H]1[C@H](OC)[C@@H](C)C(=O)N(C)CCc1ccc(N)cc1)OC)N(C)CC(C=O)(NC(=O)[C@@H](C(C)C)N(C)C)C(C)C. The van der Waals surface area contributed by atoms with Gasteiger partial charge in [0.2, 0.25) is 17.7 Å². The van der Waals surface area contributed by atoms with Crippen LogP contribution in [0.15, 0.2) is 24.3 Å². The number of carbonyl (C=O) groups is 4. The molecule has 3 N–H and O–H groups in total. The summed E-state index contributed by atoms with van der Waals surface area (Å²) >= 11 is 0. The minimum Gasteiger partial charge on any atom is -0.399 e. The second-order valence-electron chi connectivity index (χ2n) is 16.3. The first-order valence-electron chi connectivity index (χ1n) is 19.5. The van der Waals surface area contributed by atoms with Crippen LogP contribution < -0.4 is 11.1 Å². The zero-order valence-corrected chi connectivity index (χ0v) is 35.1. The minimum absolute atomic E-state index is 0.0268. The van der Waals surface area contributed by atoms with E-state index >= 15 is 0 Å². The first kappa shape index (κ1) is 46.1. The number of carbonyl (C=O) groups excluding carboxylic acids is 4. The Bertz CT molecular complexity index is 1300. The van der Waals surface area contributed by atoms with Gasteiger partial charge in [0.05, 0.1) is 36.6 Å². The van der Waals surface area contributed by atoms with Gasteiger partial charge in [0.25, 0.3) is 0 Å². The smallest absolute Gasteiger partial charge is 0.238 e. The van der Waals surface area contributed by atoms with Crippen molar-refractivity contribution in [3.8, 4) is 0 Å². The highest BCUT2D eigenvalue weighted by molar-refractivity contribution is 5.86. The van der Waals surface area contributed by atoms with E-state index in [9.17, 15) is 19.2 Å². The molecule has 1 aromatic rings. The van der Waals surface area contributed by atoms with Crippen molar-refractivity contribution in [2.45, 2.75) is 116 Å². The van der Waals surface area contributed by atoms with Gasteiger partial charge in [-0.2, -0.15) is 0 Å². The fourth-order valence-electron chi connectivity index (χ4n) is 8.20. The number of nitrogens with one attached hydrogen (secondary N) is 1. The van der Waals surface area contributed by atoms with Gasteiger partial charge in [0, 0.05) is 52.6 Å². The molecule has 1 heterocycles. The molecule has 12 nitrogen and oxygen atoms in total. The second-order valence-corrected chi connectivity index (χ2v) is 16.3. The maximum absolute atomic E-state index is 14.2. The zero-order valence-electron chi connectivity index (χ0n) is 35.1. The molecule has 0 aliphatic carbocycles. The molecular formula is C41H72N6O6. The number of hydrogen-bond donors (Lipinski definition) is 2. The van der Waals surface area contributed by atoms with Crippen molar-refractivity contribution in [1.29, 1.82) is 0 Å². The monoisotopic (exact) mass is 745 g/mol. The molecular weight excluding hydrogens is 672 g/mol. The van der Waals surface area contributed by atoms with E-state index in [4.69, 9.17) is 15.2 Å². The van der Waals surface area contributed by atoms with E-state index < -0.39 is 29.7 Å². The highest BCUT2D eigenvalue weighted by atomic mass is 16.5. The lowest BCUT2D eigenvalue weighted by Gasteiger charge is -2.44. The Morgan fingerprint density at radius 2 is 1.64 bits per heavy atom. The predicted octanol–water partition coefficient (Wildman–Crippen LogP) is 3.96. The lowest BCUT2D eigenvalue weighted by Crippen LogP contribution is -2.65. The normalized spacial score (nSPS) is 19.5. The van der Waals surface area contributed by atoms with Crippen molar-refractivity contribution in [3.63, 3.8) is 0 Å². The molecule has 0 saturated carbocycles. The van der Waals surface area contributed by atoms with Crippen LogP contribution in [0.4, 0.5) is 5.69 Å². The Labute approximate surface area is 320 Å². The first-order chi connectivity index (χ1) is 24.9. The summed E-state index contributed by atoms with van der Waals surface area (Å²) in [5.41, 5.74) is 6.48. The molecule has 3 amide bonds. The van der Waals surface area contributed by atoms with Crippen LogP contribution in [-0.4, -0.2) is 142 Å². The van der Waals surface area contributed by atoms with E-state index in [0.717, 1.165) is 31.1 Å². The van der Waals surface area contributed by atoms with E-state index in [1.807, 2.05) is 96.9 Å². The molecule has 53 heavy (non-hydrogen) atoms. The number of anilines is 1. The number of hydrogen-bond acceptors (Lipinski definition) is 9. The molecule has 302 valence electrons. The highest BCUT2D eigenvalue weighted by Crippen LogP contribution is 2.30. The van der Waals surface area contributed by atoms with Gasteiger partial charge in [0.1, 0.15) is 11.8 Å². The number of rotatable bonds is 22. The van der Waals surface area contributed by atoms with Gasteiger partial charge in [-0.15, -0.1) is 0 Å². The summed E-state index contributed by atoms with van der Waals surface area (Å²) in [6.45, 7) is 15.4. The molecule has 0 bridgehead atoms. The molecule has 1 fully saturated rings. The summed E-state index contributed by atoms with van der Waals surface area (Å²) in [6.07, 6.45) is 3.13. The van der Waals surface area contributed by atoms with Crippen LogP contribution in [0, 0.1) is 23.7 Å². The van der Waals surface area contributed by atoms with Gasteiger partial charge in [0.15, 0.2) is 0 Å². The zero-order chi connectivity index (χ0) is 40.2. The lowest BCUT2D eigenvalue weighted by molar-refractivity contribution is -0.146. The van der Waals surface area contributed by atoms with Gasteiger partial charge >= 0.3 is 0 Å². The highest BCUT2D eigenvalue weighted by Gasteiger charge is 2.44. The Kier molecular flexibility index (Phi) is 18.4. The molecule has 0 spiro atoms. The van der Waals surface area contributed by atoms with E-state index in [1.165, 1.54) is 0 Å². The maximum atomic E-state index is 14.2. The number of amides is 3. The molecule has 0 aromatic heterocycles. The number of nitrogens with zero attached hydrogens (tertiary/aromatic N) is 4. The molecule has 1 saturated heterocycles. The van der Waals surface area contributed by atoms with Gasteiger partial charge in [-0.3, -0.25) is 24.2 Å². The fraction of sp³-hybridized carbons (Fsp3) is 0.756. The Morgan fingerprint density at radius 3 is 2.13 bits per heavy atom. The van der Waals surface area contributed by atoms with Crippen molar-refractivity contribution in [2.24, 2.45) is 23.7 Å². The van der Waals surface area contributed by atoms with Gasteiger partial charge < -0.3 is 35.1 Å². The summed E-state index contributed by atoms with van der Waals surface area (Å²) in [5, 5.41) is 3.14. The van der Waals surface area contributed by atoms with E-state index in [2.05, 4.69) is 24.1 Å². The van der Waals surface area contributed by atoms with Crippen LogP contribution in [0.3, 0.4) is 0 Å². The first-order valence-corrected chi connectivity index (χ1v) is 19.5. The van der Waals surface area contributed by atoms with Gasteiger partial charge in [-0.05, 0) is 75.9 Å². The van der Waals surface area contributed by atoms with Crippen LogP contribution >= 0.6 is 0 Å². The van der Waals surface area contributed by atoms with E-state index in [0.29, 0.717) is 25.2 Å². The molecule has 1 aromatic carbocycles. The average molecular weight is 745 g/mol. The number of methoxy groups -OCH3 is 2. The third-order valence-corrected chi connectivity index (χ3v) is 11.6. The lowest BCUT2D eigenvalue weighted by atomic mass is 9.84. The molecule has 1 unspecified atom stereocenters. The number of benzene rings is 1. The second kappa shape index (κ2) is 21.1. The van der Waals surface area contributed by atoms with Crippen molar-refractivity contribution in [2.75, 3.05) is 67.8 Å². The summed E-state index contributed by atoms with van der Waals surface area (Å²) < 4.78 is 12.1. The summed E-state index contributed by atoms with van der Waals surface area (Å²) in [5.74, 6) is -0.767. The van der Waals surface area contributed by atoms with Crippen molar-refractivity contribution < 1.29 is 28.7 Å². The summed E-state index contributed by atoms with van der Waals surface area (Å²) in [4.78, 5) is 62.1. The molecule has 8 atom stereocenters. The standard InChI is InChI=1S/C41H72N6O6/c1-14-29(6)37(46(11)25-41(26-48,28(4)5)43-39(50)36(27(2)3)44(8)9)34(52-12)24-35(49)47-22-15-16-33(47)38(53-13)30(7)40(51)45(10)23-21-31-17-19-32(42)20-18-31/h17-20,26-30,33-34,36-38H,14-16,21-25,42H2,1-13H3,(H,43,50)/t29-,30+,33-,34+,36+,37-,38+,41?/m0/s1. The third kappa shape index (κ3) is 12.0. The average Bonchev–Trinajstić information content (AvgIpc) is 3.59. The Balaban J connectivity index is 2.27. The predicted molar refractivity (Wildman–Crippen MR) is 212 cm³/mol. The number of nitrogens with two attached hydrogens (primary N) is 1. The number of nitrogen functional groups attached to an aromatic ring is 1. The minimum atomic E-state index is -1.15. The maximum Gasteiger partial charge on any atom is 0.238 e. The van der Waals surface area contributed by atoms with Crippen LogP contribution in [0.2, 0.25) is 0 Å². The Morgan fingerprint density at radius 1 is 1.02 bits per heavy atom. The number of ether oxygens (including phenoxy) is 2. The van der Waals surface area contributed by atoms with E-state index in [1.54, 1.807) is 19.1 Å². The Hall–Kier alpha value is -3.06. The molecule has 12 heteroatoms. The summed E-state index contributed by atoms with van der Waals surface area (Å²) in [6, 6.07) is 6.80. The van der Waals surface area contributed by atoms with Crippen LogP contribution in [0.1, 0.15) is 79.7 Å². The van der Waals surface area contributed by atoms with E-state index in [-0.39, 0.29) is 60.5 Å². The largest absolute Gasteiger partial charge is 0.399 e. The number of aldehydes is 1. The van der Waals surface area contributed by atoms with Crippen molar-refractivity contribution in [1.82, 2.24) is 24.9 Å². The molecule has 0 radical (unpaired) electrons. The number of likely N-dealkylation sites (tertiary alicyclic amines) is 1. The third-order valence-electron chi connectivity index (χ3n) is 11.6. The topological polar surface area (TPSA) is 138 Å². The quantitative estimate of drug-likeness (QED) is 0.134. The number of likely N-dealkylation sites (N-methyl/N-ethyl adjacent to an activating group) is 3. The molecule has 1 aliphatic heterocycles. The van der Waals surface area contributed by atoms with Crippen LogP contribution in [0.25, 0.3) is 0 Å². The molecule has 1 aliphatic rings. The van der Waals surface area contributed by atoms with Gasteiger partial charge in [-0.25, -0.2) is 0 Å². The van der Waals surface area contributed by atoms with Crippen LogP contribution in [0.5, 0.6) is 0 Å². The van der Waals surface area contributed by atoms with Gasteiger partial charge in [-0.1, -0.05) is 67.0 Å². The molecule has 2 rings (SSSR count). The van der Waals surface area contributed by atoms with Crippen molar-refractivity contribution in [3.05, 3.63) is 29.8 Å². The summed E-state index contributed by atoms with van der Waals surface area (Å²) in [7, 11) is 10.7.